The van der Waals surface area contributed by atoms with Gasteiger partial charge in [0, 0.05) is 26.8 Å². The summed E-state index contributed by atoms with van der Waals surface area (Å²) in [7, 11) is 3.20. The standard InChI is InChI=1S/C18H25N3O4/c1-23-17(24-2)15-12(10-21-5-3-4-6-25-18(21)22)9-14-11-7-13(8-11)19-16(14)20-15/h9,11,13,17H,3-8,10H2,1-2H3,(H,19,20). The molecule has 0 radical (unpaired) electrons. The highest BCUT2D eigenvalue weighted by molar-refractivity contribution is 5.68. The lowest BCUT2D eigenvalue weighted by Crippen LogP contribution is -2.40. The molecule has 25 heavy (non-hydrogen) atoms. The molecule has 3 aliphatic heterocycles. The number of hydrogen-bond acceptors (Lipinski definition) is 6. The van der Waals surface area contributed by atoms with Crippen LogP contribution in [-0.2, 0) is 20.8 Å². The van der Waals surface area contributed by atoms with Gasteiger partial charge in [0.15, 0.2) is 0 Å². The Kier molecular flexibility index (Phi) is 4.52. The first-order valence-electron chi connectivity index (χ1n) is 8.97. The Morgan fingerprint density at radius 2 is 2.16 bits per heavy atom. The summed E-state index contributed by atoms with van der Waals surface area (Å²) >= 11 is 0. The van der Waals surface area contributed by atoms with E-state index in [4.69, 9.17) is 19.2 Å². The molecule has 7 nitrogen and oxygen atoms in total. The third kappa shape index (κ3) is 3.06. The van der Waals surface area contributed by atoms with Crippen molar-refractivity contribution in [1.29, 1.82) is 0 Å². The second kappa shape index (κ2) is 6.80. The molecular formula is C18H25N3O4. The highest BCUT2D eigenvalue weighted by atomic mass is 16.7. The zero-order valence-electron chi connectivity index (χ0n) is 14.8. The first-order chi connectivity index (χ1) is 12.2. The summed E-state index contributed by atoms with van der Waals surface area (Å²) in [6.45, 7) is 1.66. The lowest BCUT2D eigenvalue weighted by atomic mass is 9.72. The summed E-state index contributed by atoms with van der Waals surface area (Å²) in [6.07, 6.45) is 3.37. The highest BCUT2D eigenvalue weighted by Crippen LogP contribution is 2.47. The molecule has 7 heteroatoms. The minimum Gasteiger partial charge on any atom is -0.449 e. The number of cyclic esters (lactones) is 1. The lowest BCUT2D eigenvalue weighted by molar-refractivity contribution is -0.109. The Morgan fingerprint density at radius 3 is 2.92 bits per heavy atom. The van der Waals surface area contributed by atoms with E-state index in [1.54, 1.807) is 19.1 Å². The van der Waals surface area contributed by atoms with Crippen LogP contribution >= 0.6 is 0 Å². The molecule has 1 aromatic rings. The summed E-state index contributed by atoms with van der Waals surface area (Å²) in [4.78, 5) is 18.8. The highest BCUT2D eigenvalue weighted by Gasteiger charge is 2.39. The first-order valence-corrected chi connectivity index (χ1v) is 8.97. The van der Waals surface area contributed by atoms with Crippen molar-refractivity contribution in [3.8, 4) is 0 Å². The molecule has 1 N–H and O–H groups in total. The average Bonchev–Trinajstić information content (AvgIpc) is 2.79. The van der Waals surface area contributed by atoms with Crippen molar-refractivity contribution in [2.75, 3.05) is 32.7 Å². The fourth-order valence-corrected chi connectivity index (χ4v) is 3.94. The summed E-state index contributed by atoms with van der Waals surface area (Å²) in [5, 5.41) is 3.49. The molecule has 1 amide bonds. The summed E-state index contributed by atoms with van der Waals surface area (Å²) in [6, 6.07) is 2.71. The van der Waals surface area contributed by atoms with Gasteiger partial charge in [-0.3, -0.25) is 0 Å². The number of anilines is 1. The summed E-state index contributed by atoms with van der Waals surface area (Å²) < 4.78 is 16.2. The summed E-state index contributed by atoms with van der Waals surface area (Å²) in [5.41, 5.74) is 2.95. The van der Waals surface area contributed by atoms with Crippen molar-refractivity contribution in [3.63, 3.8) is 0 Å². The van der Waals surface area contributed by atoms with Crippen LogP contribution in [0.4, 0.5) is 10.6 Å². The fraction of sp³-hybridized carbons (Fsp3) is 0.667. The van der Waals surface area contributed by atoms with Gasteiger partial charge in [-0.25, -0.2) is 9.78 Å². The van der Waals surface area contributed by atoms with Gasteiger partial charge in [0.1, 0.15) is 11.5 Å². The number of amides is 1. The van der Waals surface area contributed by atoms with Gasteiger partial charge in [-0.05, 0) is 48.8 Å². The molecule has 0 unspecified atom stereocenters. The molecule has 136 valence electrons. The Morgan fingerprint density at radius 1 is 1.36 bits per heavy atom. The number of nitrogens with one attached hydrogen (secondary N) is 1. The molecule has 1 aromatic heterocycles. The Bertz CT molecular complexity index is 656. The molecule has 0 spiro atoms. The number of pyridine rings is 1. The van der Waals surface area contributed by atoms with Crippen LogP contribution in [0.2, 0.25) is 0 Å². The normalized spacial score (nSPS) is 24.9. The molecule has 5 rings (SSSR count). The maximum atomic E-state index is 12.2. The number of rotatable bonds is 5. The van der Waals surface area contributed by atoms with Crippen LogP contribution in [0.25, 0.3) is 0 Å². The van der Waals surface area contributed by atoms with Gasteiger partial charge in [-0.2, -0.15) is 0 Å². The Balaban J connectivity index is 1.68. The van der Waals surface area contributed by atoms with Crippen LogP contribution in [0, 0.1) is 0 Å². The van der Waals surface area contributed by atoms with Crippen molar-refractivity contribution < 1.29 is 19.0 Å². The first kappa shape index (κ1) is 16.6. The van der Waals surface area contributed by atoms with E-state index in [1.807, 2.05) is 0 Å². The molecule has 4 heterocycles. The number of nitrogens with zero attached hydrogens (tertiary/aromatic N) is 2. The van der Waals surface area contributed by atoms with E-state index in [-0.39, 0.29) is 6.09 Å². The van der Waals surface area contributed by atoms with E-state index in [0.717, 1.165) is 42.8 Å². The molecule has 2 fully saturated rings. The van der Waals surface area contributed by atoms with Crippen LogP contribution in [0.3, 0.4) is 0 Å². The van der Waals surface area contributed by atoms with E-state index in [1.165, 1.54) is 5.56 Å². The van der Waals surface area contributed by atoms with E-state index >= 15 is 0 Å². The number of carbonyl (C=O) groups excluding carboxylic acids is 1. The molecule has 0 aromatic carbocycles. The van der Waals surface area contributed by atoms with Gasteiger partial charge in [-0.15, -0.1) is 0 Å². The van der Waals surface area contributed by atoms with Gasteiger partial charge < -0.3 is 24.4 Å². The third-order valence-corrected chi connectivity index (χ3v) is 5.40. The topological polar surface area (TPSA) is 72.9 Å². The van der Waals surface area contributed by atoms with Gasteiger partial charge in [0.25, 0.3) is 0 Å². The third-order valence-electron chi connectivity index (χ3n) is 5.40. The van der Waals surface area contributed by atoms with E-state index in [0.29, 0.717) is 31.7 Å². The van der Waals surface area contributed by atoms with Crippen molar-refractivity contribution in [3.05, 3.63) is 22.9 Å². The minimum absolute atomic E-state index is 0.255. The van der Waals surface area contributed by atoms with Crippen LogP contribution in [0.5, 0.6) is 0 Å². The monoisotopic (exact) mass is 347 g/mol. The average molecular weight is 347 g/mol. The predicted octanol–water partition coefficient (Wildman–Crippen LogP) is 2.78. The zero-order valence-corrected chi connectivity index (χ0v) is 14.8. The van der Waals surface area contributed by atoms with Gasteiger partial charge in [0.2, 0.25) is 6.29 Å². The number of methoxy groups -OCH3 is 2. The van der Waals surface area contributed by atoms with Crippen LogP contribution in [-0.4, -0.2) is 49.4 Å². The van der Waals surface area contributed by atoms with Crippen LogP contribution in [0.1, 0.15) is 54.7 Å². The number of ether oxygens (including phenoxy) is 3. The maximum Gasteiger partial charge on any atom is 0.410 e. The number of carbonyl (C=O) groups is 1. The van der Waals surface area contributed by atoms with E-state index in [2.05, 4.69) is 11.4 Å². The Labute approximate surface area is 147 Å². The van der Waals surface area contributed by atoms with Crippen molar-refractivity contribution in [2.45, 2.75) is 50.5 Å². The SMILES string of the molecule is COC(OC)c1nc2c(cc1CN1CCCCOC1=O)C1CC(C1)N2. The molecular weight excluding hydrogens is 322 g/mol. The van der Waals surface area contributed by atoms with E-state index < -0.39 is 6.29 Å². The van der Waals surface area contributed by atoms with Crippen LogP contribution < -0.4 is 5.32 Å². The molecule has 4 aliphatic rings. The maximum absolute atomic E-state index is 12.2. The number of hydrogen-bond donors (Lipinski definition) is 1. The summed E-state index contributed by atoms with van der Waals surface area (Å²) in [5.74, 6) is 1.50. The van der Waals surface area contributed by atoms with Crippen molar-refractivity contribution >= 4 is 11.9 Å². The number of aromatic nitrogens is 1. The smallest absolute Gasteiger partial charge is 0.410 e. The second-order valence-electron chi connectivity index (χ2n) is 7.03. The second-order valence-corrected chi connectivity index (χ2v) is 7.03. The lowest BCUT2D eigenvalue weighted by Gasteiger charge is -2.43. The quantitative estimate of drug-likeness (QED) is 0.826. The Hall–Kier alpha value is -1.86. The molecule has 0 atom stereocenters. The molecule has 1 saturated heterocycles. The molecule has 1 aliphatic carbocycles. The van der Waals surface area contributed by atoms with Crippen molar-refractivity contribution in [1.82, 2.24) is 9.88 Å². The largest absolute Gasteiger partial charge is 0.449 e. The fourth-order valence-electron chi connectivity index (χ4n) is 3.94. The minimum atomic E-state index is -0.552. The van der Waals surface area contributed by atoms with Crippen LogP contribution in [0.15, 0.2) is 6.07 Å². The zero-order chi connectivity index (χ0) is 17.4. The van der Waals surface area contributed by atoms with Gasteiger partial charge in [0.05, 0.1) is 13.2 Å². The van der Waals surface area contributed by atoms with Gasteiger partial charge >= 0.3 is 6.09 Å². The van der Waals surface area contributed by atoms with Gasteiger partial charge in [-0.1, -0.05) is 0 Å². The van der Waals surface area contributed by atoms with Crippen molar-refractivity contribution in [2.24, 2.45) is 0 Å². The molecule has 2 bridgehead atoms. The predicted molar refractivity (Wildman–Crippen MR) is 91.4 cm³/mol. The molecule has 1 saturated carbocycles. The van der Waals surface area contributed by atoms with E-state index in [9.17, 15) is 4.79 Å².